The van der Waals surface area contributed by atoms with Crippen molar-refractivity contribution in [3.05, 3.63) is 88.9 Å². The van der Waals surface area contributed by atoms with E-state index in [1.165, 1.54) is 0 Å². The van der Waals surface area contributed by atoms with E-state index < -0.39 is 5.97 Å². The van der Waals surface area contributed by atoms with Gasteiger partial charge in [-0.1, -0.05) is 48.0 Å². The maximum Gasteiger partial charge on any atom is 0.335 e. The van der Waals surface area contributed by atoms with Crippen molar-refractivity contribution in [3.8, 4) is 11.4 Å². The quantitative estimate of drug-likeness (QED) is 0.549. The molecule has 26 heavy (non-hydrogen) atoms. The molecule has 5 heteroatoms. The van der Waals surface area contributed by atoms with Crippen LogP contribution < -0.4 is 0 Å². The van der Waals surface area contributed by atoms with Crippen LogP contribution in [-0.2, 0) is 6.54 Å². The van der Waals surface area contributed by atoms with Crippen LogP contribution in [0.25, 0.3) is 22.4 Å². The fourth-order valence-corrected chi connectivity index (χ4v) is 3.12. The highest BCUT2D eigenvalue weighted by atomic mass is 35.5. The fourth-order valence-electron chi connectivity index (χ4n) is 2.99. The maximum atomic E-state index is 11.1. The lowest BCUT2D eigenvalue weighted by molar-refractivity contribution is 0.0697. The van der Waals surface area contributed by atoms with Gasteiger partial charge in [-0.3, -0.25) is 0 Å². The Bertz CT molecular complexity index is 1080. The van der Waals surface area contributed by atoms with E-state index in [-0.39, 0.29) is 5.56 Å². The minimum absolute atomic E-state index is 0.258. The van der Waals surface area contributed by atoms with E-state index in [0.29, 0.717) is 11.6 Å². The number of nitrogens with zero attached hydrogens (tertiary/aromatic N) is 2. The van der Waals surface area contributed by atoms with Gasteiger partial charge in [0.15, 0.2) is 0 Å². The first-order chi connectivity index (χ1) is 12.6. The van der Waals surface area contributed by atoms with E-state index in [0.717, 1.165) is 28.0 Å². The van der Waals surface area contributed by atoms with Crippen LogP contribution in [0.3, 0.4) is 0 Å². The van der Waals surface area contributed by atoms with Crippen molar-refractivity contribution in [2.75, 3.05) is 0 Å². The third-order valence-electron chi connectivity index (χ3n) is 4.30. The molecular formula is C21H15ClN2O2. The zero-order valence-corrected chi connectivity index (χ0v) is 14.5. The second-order valence-electron chi connectivity index (χ2n) is 6.02. The Hall–Kier alpha value is -3.11. The largest absolute Gasteiger partial charge is 0.478 e. The van der Waals surface area contributed by atoms with Crippen LogP contribution >= 0.6 is 11.6 Å². The van der Waals surface area contributed by atoms with Crippen LogP contribution in [0, 0.1) is 0 Å². The number of fused-ring (bicyclic) bond motifs is 1. The van der Waals surface area contributed by atoms with Gasteiger partial charge < -0.3 is 9.67 Å². The Morgan fingerprint density at radius 2 is 1.65 bits per heavy atom. The van der Waals surface area contributed by atoms with E-state index in [4.69, 9.17) is 21.7 Å². The van der Waals surface area contributed by atoms with Gasteiger partial charge in [-0.25, -0.2) is 9.78 Å². The highest BCUT2D eigenvalue weighted by Crippen LogP contribution is 2.26. The molecule has 0 amide bonds. The van der Waals surface area contributed by atoms with Crippen molar-refractivity contribution < 1.29 is 9.90 Å². The molecule has 1 heterocycles. The first kappa shape index (κ1) is 16.4. The van der Waals surface area contributed by atoms with Crippen LogP contribution in [0.4, 0.5) is 0 Å². The van der Waals surface area contributed by atoms with Crippen LogP contribution in [0.1, 0.15) is 15.9 Å². The van der Waals surface area contributed by atoms with Crippen molar-refractivity contribution in [2.45, 2.75) is 6.54 Å². The summed E-state index contributed by atoms with van der Waals surface area (Å²) in [5, 5.41) is 9.80. The van der Waals surface area contributed by atoms with Gasteiger partial charge in [0.05, 0.1) is 16.6 Å². The highest BCUT2D eigenvalue weighted by Gasteiger charge is 2.13. The second-order valence-corrected chi connectivity index (χ2v) is 6.46. The maximum absolute atomic E-state index is 11.1. The number of aromatic carboxylic acids is 1. The number of hydrogen-bond acceptors (Lipinski definition) is 2. The Balaban J connectivity index is 1.83. The molecule has 1 aromatic heterocycles. The number of para-hydroxylation sites is 2. The van der Waals surface area contributed by atoms with Crippen molar-refractivity contribution in [1.29, 1.82) is 0 Å². The summed E-state index contributed by atoms with van der Waals surface area (Å²) in [6.07, 6.45) is 0. The van der Waals surface area contributed by atoms with Gasteiger partial charge in [-0.05, 0) is 42.0 Å². The summed E-state index contributed by atoms with van der Waals surface area (Å²) in [5.41, 5.74) is 4.17. The Kier molecular flexibility index (Phi) is 4.19. The summed E-state index contributed by atoms with van der Waals surface area (Å²) in [7, 11) is 0. The minimum atomic E-state index is -0.939. The summed E-state index contributed by atoms with van der Waals surface area (Å²) < 4.78 is 2.13. The topological polar surface area (TPSA) is 55.1 Å². The van der Waals surface area contributed by atoms with Gasteiger partial charge in [0.25, 0.3) is 0 Å². The number of imidazole rings is 1. The average molecular weight is 363 g/mol. The van der Waals surface area contributed by atoms with E-state index in [2.05, 4.69) is 4.57 Å². The normalized spacial score (nSPS) is 11.0. The standard InChI is InChI=1S/C21H15ClN2O2/c22-17-11-5-14(6-12-17)13-24-19-4-2-1-3-18(19)23-20(24)15-7-9-16(10-8-15)21(25)26/h1-12H,13H2,(H,25,26). The van der Waals surface area contributed by atoms with Gasteiger partial charge in [0, 0.05) is 17.1 Å². The molecule has 0 unspecified atom stereocenters. The third kappa shape index (κ3) is 3.07. The van der Waals surface area contributed by atoms with Gasteiger partial charge in [-0.2, -0.15) is 0 Å². The molecule has 1 N–H and O–H groups in total. The van der Waals surface area contributed by atoms with Gasteiger partial charge >= 0.3 is 5.97 Å². The molecule has 0 aliphatic rings. The van der Waals surface area contributed by atoms with Gasteiger partial charge in [0.1, 0.15) is 5.82 Å². The van der Waals surface area contributed by atoms with Crippen LogP contribution in [0.2, 0.25) is 5.02 Å². The van der Waals surface area contributed by atoms with E-state index in [1.807, 2.05) is 48.5 Å². The van der Waals surface area contributed by atoms with Crippen molar-refractivity contribution in [1.82, 2.24) is 9.55 Å². The van der Waals surface area contributed by atoms with Crippen LogP contribution in [0.5, 0.6) is 0 Å². The van der Waals surface area contributed by atoms with Crippen molar-refractivity contribution in [2.24, 2.45) is 0 Å². The van der Waals surface area contributed by atoms with Crippen molar-refractivity contribution in [3.63, 3.8) is 0 Å². The average Bonchev–Trinajstić information content (AvgIpc) is 3.02. The summed E-state index contributed by atoms with van der Waals surface area (Å²) in [6.45, 7) is 0.647. The molecule has 4 aromatic rings. The number of aromatic nitrogens is 2. The molecule has 4 nitrogen and oxygen atoms in total. The van der Waals surface area contributed by atoms with Crippen molar-refractivity contribution >= 4 is 28.6 Å². The zero-order chi connectivity index (χ0) is 18.1. The Morgan fingerprint density at radius 1 is 0.962 bits per heavy atom. The number of carbonyl (C=O) groups is 1. The number of rotatable bonds is 4. The lowest BCUT2D eigenvalue weighted by Gasteiger charge is -2.10. The molecule has 0 aliphatic heterocycles. The monoisotopic (exact) mass is 362 g/mol. The number of benzene rings is 3. The molecule has 0 atom stereocenters. The molecule has 0 saturated heterocycles. The molecule has 0 radical (unpaired) electrons. The lowest BCUT2D eigenvalue weighted by Crippen LogP contribution is -2.02. The second kappa shape index (κ2) is 6.65. The minimum Gasteiger partial charge on any atom is -0.478 e. The number of carboxylic acid groups (broad SMARTS) is 1. The van der Waals surface area contributed by atoms with E-state index in [1.54, 1.807) is 24.3 Å². The predicted molar refractivity (Wildman–Crippen MR) is 103 cm³/mol. The Labute approximate surface area is 155 Å². The first-order valence-electron chi connectivity index (χ1n) is 8.15. The molecule has 128 valence electrons. The molecule has 0 saturated carbocycles. The summed E-state index contributed by atoms with van der Waals surface area (Å²) >= 11 is 5.99. The van der Waals surface area contributed by atoms with Crippen LogP contribution in [0.15, 0.2) is 72.8 Å². The molecule has 0 fully saturated rings. The smallest absolute Gasteiger partial charge is 0.335 e. The molecule has 0 spiro atoms. The van der Waals surface area contributed by atoms with Gasteiger partial charge in [0.2, 0.25) is 0 Å². The summed E-state index contributed by atoms with van der Waals surface area (Å²) in [4.78, 5) is 15.9. The molecule has 3 aromatic carbocycles. The Morgan fingerprint density at radius 3 is 2.35 bits per heavy atom. The fraction of sp³-hybridized carbons (Fsp3) is 0.0476. The van der Waals surface area contributed by atoms with Gasteiger partial charge in [-0.15, -0.1) is 0 Å². The highest BCUT2D eigenvalue weighted by molar-refractivity contribution is 6.30. The SMILES string of the molecule is O=C(O)c1ccc(-c2nc3ccccc3n2Cc2ccc(Cl)cc2)cc1. The van der Waals surface area contributed by atoms with E-state index >= 15 is 0 Å². The third-order valence-corrected chi connectivity index (χ3v) is 4.55. The molecular weight excluding hydrogens is 348 g/mol. The number of carboxylic acids is 1. The lowest BCUT2D eigenvalue weighted by atomic mass is 10.1. The zero-order valence-electron chi connectivity index (χ0n) is 13.8. The first-order valence-corrected chi connectivity index (χ1v) is 8.53. The number of hydrogen-bond donors (Lipinski definition) is 1. The summed E-state index contributed by atoms with van der Waals surface area (Å²) in [6, 6.07) is 22.5. The molecule has 0 bridgehead atoms. The molecule has 0 aliphatic carbocycles. The van der Waals surface area contributed by atoms with Crippen LogP contribution in [-0.4, -0.2) is 20.6 Å². The number of halogens is 1. The summed E-state index contributed by atoms with van der Waals surface area (Å²) in [5.74, 6) is -0.135. The van der Waals surface area contributed by atoms with E-state index in [9.17, 15) is 4.79 Å². The predicted octanol–water partition coefficient (Wildman–Crippen LogP) is 5.10. The molecule has 4 rings (SSSR count).